The van der Waals surface area contributed by atoms with Gasteiger partial charge in [-0.3, -0.25) is 4.90 Å². The van der Waals surface area contributed by atoms with E-state index in [9.17, 15) is 0 Å². The minimum absolute atomic E-state index is 0.00611. The molecule has 0 radical (unpaired) electrons. The molecule has 41 heavy (non-hydrogen) atoms. The van der Waals surface area contributed by atoms with Crippen molar-refractivity contribution in [2.24, 2.45) is 0 Å². The smallest absolute Gasteiger partial charge is 0.323 e. The molecule has 1 aromatic rings. The number of hydroxylamine groups is 2. The van der Waals surface area contributed by atoms with Gasteiger partial charge in [0.1, 0.15) is 6.10 Å². The number of nitrogens with one attached hydrogen (secondary N) is 1. The van der Waals surface area contributed by atoms with Crippen LogP contribution in [0, 0.1) is 0 Å². The molecule has 3 heterocycles. The van der Waals surface area contributed by atoms with Crippen molar-refractivity contribution in [2.75, 3.05) is 37.0 Å². The largest absolute Gasteiger partial charge is 0.460 e. The van der Waals surface area contributed by atoms with E-state index < -0.39 is 0 Å². The van der Waals surface area contributed by atoms with E-state index in [2.05, 4.69) is 95.7 Å². The van der Waals surface area contributed by atoms with Crippen molar-refractivity contribution in [3.8, 4) is 6.01 Å². The van der Waals surface area contributed by atoms with Gasteiger partial charge in [0.15, 0.2) is 0 Å². The summed E-state index contributed by atoms with van der Waals surface area (Å²) in [7, 11) is 1.75. The Balaban J connectivity index is 1.99. The Labute approximate surface area is 249 Å². The van der Waals surface area contributed by atoms with Gasteiger partial charge < -0.3 is 19.8 Å². The predicted molar refractivity (Wildman–Crippen MR) is 170 cm³/mol. The van der Waals surface area contributed by atoms with E-state index in [4.69, 9.17) is 24.5 Å². The Morgan fingerprint density at radius 3 is 2.02 bits per heavy atom. The summed E-state index contributed by atoms with van der Waals surface area (Å²) >= 11 is 0. The SMILES string of the molecule is C=CCNc1nc(OC2CC(C)(C)N(OC)C(C)(C)C2)nc(N(CCCC)C2CC(C)(C)N(CC=C)C(C)(C)C2)n1. The first-order chi connectivity index (χ1) is 19.1. The molecule has 2 aliphatic rings. The molecule has 3 rings (SSSR count). The lowest BCUT2D eigenvalue weighted by molar-refractivity contribution is -0.275. The lowest BCUT2D eigenvalue weighted by atomic mass is 9.76. The topological polar surface area (TPSA) is 78.9 Å². The van der Waals surface area contributed by atoms with Crippen LogP contribution in [0.15, 0.2) is 25.3 Å². The maximum atomic E-state index is 6.60. The molecular formula is C32H57N7O2. The summed E-state index contributed by atoms with van der Waals surface area (Å²) in [6.07, 6.45) is 9.52. The van der Waals surface area contributed by atoms with Gasteiger partial charge in [0.2, 0.25) is 11.9 Å². The number of rotatable bonds is 13. The highest BCUT2D eigenvalue weighted by atomic mass is 16.7. The van der Waals surface area contributed by atoms with E-state index in [1.165, 1.54) is 0 Å². The molecule has 0 amide bonds. The summed E-state index contributed by atoms with van der Waals surface area (Å²) in [5, 5.41) is 5.38. The molecule has 2 aliphatic heterocycles. The third-order valence-corrected chi connectivity index (χ3v) is 8.71. The van der Waals surface area contributed by atoms with Gasteiger partial charge >= 0.3 is 6.01 Å². The van der Waals surface area contributed by atoms with Crippen LogP contribution < -0.4 is 15.0 Å². The number of unbranched alkanes of at least 4 members (excludes halogenated alkanes) is 1. The minimum atomic E-state index is -0.204. The van der Waals surface area contributed by atoms with E-state index in [0.29, 0.717) is 24.5 Å². The Hall–Kier alpha value is -2.23. The summed E-state index contributed by atoms with van der Waals surface area (Å²) in [6, 6.07) is 0.645. The third kappa shape index (κ3) is 7.79. The summed E-state index contributed by atoms with van der Waals surface area (Å²) < 4.78 is 6.60. The van der Waals surface area contributed by atoms with Gasteiger partial charge in [0, 0.05) is 60.7 Å². The van der Waals surface area contributed by atoms with Crippen molar-refractivity contribution in [3.05, 3.63) is 25.3 Å². The molecule has 9 heteroatoms. The Morgan fingerprint density at radius 2 is 1.51 bits per heavy atom. The lowest BCUT2D eigenvalue weighted by Gasteiger charge is -2.57. The maximum absolute atomic E-state index is 6.60. The fraction of sp³-hybridized carbons (Fsp3) is 0.781. The molecule has 9 nitrogen and oxygen atoms in total. The van der Waals surface area contributed by atoms with Crippen LogP contribution in [0.1, 0.15) is 101 Å². The average molecular weight is 572 g/mol. The zero-order valence-electron chi connectivity index (χ0n) is 27.6. The Bertz CT molecular complexity index is 1000. The summed E-state index contributed by atoms with van der Waals surface area (Å²) in [5.74, 6) is 1.19. The second-order valence-electron chi connectivity index (χ2n) is 14.3. The number of anilines is 2. The molecule has 0 saturated carbocycles. The van der Waals surface area contributed by atoms with Gasteiger partial charge in [-0.15, -0.1) is 13.2 Å². The first-order valence-corrected chi connectivity index (χ1v) is 15.4. The zero-order valence-corrected chi connectivity index (χ0v) is 27.6. The molecule has 2 saturated heterocycles. The van der Waals surface area contributed by atoms with E-state index >= 15 is 0 Å². The maximum Gasteiger partial charge on any atom is 0.323 e. The first-order valence-electron chi connectivity index (χ1n) is 15.4. The van der Waals surface area contributed by atoms with Crippen LogP contribution >= 0.6 is 0 Å². The highest BCUT2D eigenvalue weighted by Gasteiger charge is 2.48. The monoisotopic (exact) mass is 571 g/mol. The van der Waals surface area contributed by atoms with Gasteiger partial charge in [-0.05, 0) is 74.7 Å². The molecule has 0 unspecified atom stereocenters. The number of nitrogens with zero attached hydrogens (tertiary/aromatic N) is 6. The zero-order chi connectivity index (χ0) is 30.6. The molecule has 2 fully saturated rings. The molecule has 0 aliphatic carbocycles. The molecular weight excluding hydrogens is 514 g/mol. The van der Waals surface area contributed by atoms with Gasteiger partial charge in [0.25, 0.3) is 0 Å². The Morgan fingerprint density at radius 1 is 0.902 bits per heavy atom. The quantitative estimate of drug-likeness (QED) is 0.277. The van der Waals surface area contributed by atoms with Crippen molar-refractivity contribution in [1.29, 1.82) is 0 Å². The number of aromatic nitrogens is 3. The standard InChI is InChI=1S/C32H57N7O2/c1-13-16-19-37(24-20-29(4,5)38(18-15-3)30(6,7)21-24)27-34-26(33-17-14-2)35-28(36-27)41-25-22-31(8,9)39(40-12)32(10,11)23-25/h14-15,24-25H,2-3,13,16-23H2,1,4-12H3,(H,33,34,35,36). The van der Waals surface area contributed by atoms with Crippen molar-refractivity contribution >= 4 is 11.9 Å². The third-order valence-electron chi connectivity index (χ3n) is 8.71. The fourth-order valence-electron chi connectivity index (χ4n) is 7.55. The molecule has 1 aromatic heterocycles. The molecule has 0 aromatic carbocycles. The molecule has 0 atom stereocenters. The fourth-order valence-corrected chi connectivity index (χ4v) is 7.55. The minimum Gasteiger partial charge on any atom is -0.460 e. The van der Waals surface area contributed by atoms with Crippen molar-refractivity contribution < 1.29 is 9.57 Å². The van der Waals surface area contributed by atoms with Gasteiger partial charge in [-0.2, -0.15) is 20.0 Å². The highest BCUT2D eigenvalue weighted by molar-refractivity contribution is 5.40. The van der Waals surface area contributed by atoms with Crippen LogP contribution in [0.3, 0.4) is 0 Å². The molecule has 0 bridgehead atoms. The lowest BCUT2D eigenvalue weighted by Crippen LogP contribution is -2.64. The average Bonchev–Trinajstić information content (AvgIpc) is 2.83. The number of piperidine rings is 2. The highest BCUT2D eigenvalue weighted by Crippen LogP contribution is 2.42. The van der Waals surface area contributed by atoms with Crippen LogP contribution in [-0.4, -0.2) is 86.0 Å². The van der Waals surface area contributed by atoms with Gasteiger partial charge in [-0.1, -0.05) is 25.5 Å². The predicted octanol–water partition coefficient (Wildman–Crippen LogP) is 6.25. The van der Waals surface area contributed by atoms with Gasteiger partial charge in [-0.25, -0.2) is 0 Å². The van der Waals surface area contributed by atoms with Crippen LogP contribution in [0.4, 0.5) is 11.9 Å². The summed E-state index contributed by atoms with van der Waals surface area (Å²) in [4.78, 5) is 25.4. The van der Waals surface area contributed by atoms with Crippen molar-refractivity contribution in [2.45, 2.75) is 135 Å². The Kier molecular flexibility index (Phi) is 10.5. The normalized spacial score (nSPS) is 22.7. The number of ether oxygens (including phenoxy) is 1. The van der Waals surface area contributed by atoms with Crippen LogP contribution in [0.25, 0.3) is 0 Å². The van der Waals surface area contributed by atoms with Gasteiger partial charge in [0.05, 0.1) is 7.11 Å². The van der Waals surface area contributed by atoms with Crippen LogP contribution in [0.5, 0.6) is 6.01 Å². The van der Waals surface area contributed by atoms with Crippen LogP contribution in [-0.2, 0) is 4.84 Å². The van der Waals surface area contributed by atoms with E-state index in [0.717, 1.165) is 51.6 Å². The first kappa shape index (κ1) is 33.3. The molecule has 0 spiro atoms. The van der Waals surface area contributed by atoms with Crippen molar-refractivity contribution in [1.82, 2.24) is 24.9 Å². The summed E-state index contributed by atoms with van der Waals surface area (Å²) in [6.45, 7) is 30.6. The number of likely N-dealkylation sites (tertiary alicyclic amines) is 1. The van der Waals surface area contributed by atoms with E-state index in [1.807, 2.05) is 12.2 Å². The second-order valence-corrected chi connectivity index (χ2v) is 14.3. The number of hydrogen-bond donors (Lipinski definition) is 1. The second kappa shape index (κ2) is 13.0. The number of hydrogen-bond acceptors (Lipinski definition) is 9. The van der Waals surface area contributed by atoms with Crippen LogP contribution in [0.2, 0.25) is 0 Å². The molecule has 232 valence electrons. The van der Waals surface area contributed by atoms with E-state index in [-0.39, 0.29) is 34.3 Å². The van der Waals surface area contributed by atoms with Crippen molar-refractivity contribution in [3.63, 3.8) is 0 Å². The summed E-state index contributed by atoms with van der Waals surface area (Å²) in [5.41, 5.74) is -0.420. The molecule has 1 N–H and O–H groups in total. The van der Waals surface area contributed by atoms with E-state index in [1.54, 1.807) is 7.11 Å².